The molecular formula is C20H27N3O2. The summed E-state index contributed by atoms with van der Waals surface area (Å²) in [7, 11) is 0. The third-order valence-corrected chi connectivity index (χ3v) is 4.73. The van der Waals surface area contributed by atoms with E-state index in [0.717, 1.165) is 29.3 Å². The maximum absolute atomic E-state index is 12.2. The van der Waals surface area contributed by atoms with Crippen LogP contribution in [0.1, 0.15) is 50.3 Å². The van der Waals surface area contributed by atoms with Gasteiger partial charge in [-0.1, -0.05) is 44.2 Å². The summed E-state index contributed by atoms with van der Waals surface area (Å²) in [6.07, 6.45) is 8.01. The van der Waals surface area contributed by atoms with Crippen LogP contribution in [0.5, 0.6) is 5.75 Å². The van der Waals surface area contributed by atoms with Gasteiger partial charge in [0, 0.05) is 11.8 Å². The van der Waals surface area contributed by atoms with E-state index in [2.05, 4.69) is 15.5 Å². The molecule has 0 saturated heterocycles. The van der Waals surface area contributed by atoms with Crippen molar-refractivity contribution in [2.45, 2.75) is 51.9 Å². The van der Waals surface area contributed by atoms with E-state index in [0.29, 0.717) is 18.8 Å². The van der Waals surface area contributed by atoms with Crippen molar-refractivity contribution >= 4 is 11.7 Å². The minimum Gasteiger partial charge on any atom is -0.494 e. The standard InChI is InChI=1S/C20H27N3O2/c1-2-25-18-10-8-16(9-11-18)13-20(24)21-19-14-17(22-23-19)12-15-6-4-3-5-7-15/h8-11,14-15H,2-7,12-13H2,1H3,(H2,21,22,23,24). The number of nitrogens with zero attached hydrogens (tertiary/aromatic N) is 1. The number of aromatic amines is 1. The fraction of sp³-hybridized carbons (Fsp3) is 0.500. The molecule has 1 fully saturated rings. The van der Waals surface area contributed by atoms with E-state index in [-0.39, 0.29) is 5.91 Å². The van der Waals surface area contributed by atoms with Crippen molar-refractivity contribution < 1.29 is 9.53 Å². The molecule has 5 nitrogen and oxygen atoms in total. The van der Waals surface area contributed by atoms with Crippen LogP contribution in [0.25, 0.3) is 0 Å². The van der Waals surface area contributed by atoms with Gasteiger partial charge in [0.2, 0.25) is 5.91 Å². The third kappa shape index (κ3) is 5.34. The molecule has 1 saturated carbocycles. The number of ether oxygens (including phenoxy) is 1. The Morgan fingerprint density at radius 1 is 1.24 bits per heavy atom. The highest BCUT2D eigenvalue weighted by Gasteiger charge is 2.15. The van der Waals surface area contributed by atoms with Gasteiger partial charge in [0.05, 0.1) is 13.0 Å². The number of H-pyrrole nitrogens is 1. The van der Waals surface area contributed by atoms with Crippen molar-refractivity contribution in [2.24, 2.45) is 5.92 Å². The molecule has 0 atom stereocenters. The number of anilines is 1. The SMILES string of the molecule is CCOc1ccc(CC(=O)Nc2cc(CC3CCCCC3)[nH]n2)cc1. The number of hydrogen-bond acceptors (Lipinski definition) is 3. The van der Waals surface area contributed by atoms with Crippen LogP contribution >= 0.6 is 0 Å². The maximum Gasteiger partial charge on any atom is 0.229 e. The molecule has 1 aliphatic rings. The minimum absolute atomic E-state index is 0.0557. The molecule has 0 radical (unpaired) electrons. The topological polar surface area (TPSA) is 67.0 Å². The van der Waals surface area contributed by atoms with Crippen LogP contribution < -0.4 is 10.1 Å². The monoisotopic (exact) mass is 341 g/mol. The summed E-state index contributed by atoms with van der Waals surface area (Å²) >= 11 is 0. The Hall–Kier alpha value is -2.30. The average molecular weight is 341 g/mol. The Balaban J connectivity index is 1.49. The van der Waals surface area contributed by atoms with E-state index < -0.39 is 0 Å². The fourth-order valence-corrected chi connectivity index (χ4v) is 3.48. The molecule has 1 amide bonds. The second-order valence-corrected chi connectivity index (χ2v) is 6.79. The first-order chi connectivity index (χ1) is 12.2. The Bertz CT molecular complexity index is 673. The summed E-state index contributed by atoms with van der Waals surface area (Å²) in [6.45, 7) is 2.59. The molecule has 5 heteroatoms. The zero-order valence-electron chi connectivity index (χ0n) is 14.9. The van der Waals surface area contributed by atoms with Gasteiger partial charge < -0.3 is 10.1 Å². The Labute approximate surface area is 149 Å². The van der Waals surface area contributed by atoms with Crippen molar-refractivity contribution in [1.29, 1.82) is 0 Å². The van der Waals surface area contributed by atoms with E-state index in [1.165, 1.54) is 32.1 Å². The number of hydrogen-bond donors (Lipinski definition) is 2. The van der Waals surface area contributed by atoms with Gasteiger partial charge in [0.1, 0.15) is 5.75 Å². The summed E-state index contributed by atoms with van der Waals surface area (Å²) in [5, 5.41) is 10.2. The fourth-order valence-electron chi connectivity index (χ4n) is 3.48. The molecule has 0 unspecified atom stereocenters. The van der Waals surface area contributed by atoms with Crippen LogP contribution in [-0.4, -0.2) is 22.7 Å². The third-order valence-electron chi connectivity index (χ3n) is 4.73. The maximum atomic E-state index is 12.2. The lowest BCUT2D eigenvalue weighted by atomic mass is 9.86. The van der Waals surface area contributed by atoms with Crippen molar-refractivity contribution in [3.8, 4) is 5.75 Å². The number of carbonyl (C=O) groups is 1. The Morgan fingerprint density at radius 3 is 2.72 bits per heavy atom. The largest absolute Gasteiger partial charge is 0.494 e. The summed E-state index contributed by atoms with van der Waals surface area (Å²) in [5.41, 5.74) is 2.07. The van der Waals surface area contributed by atoms with Gasteiger partial charge in [-0.25, -0.2) is 0 Å². The van der Waals surface area contributed by atoms with Gasteiger partial charge >= 0.3 is 0 Å². The highest BCUT2D eigenvalue weighted by Crippen LogP contribution is 2.26. The molecule has 0 spiro atoms. The molecule has 1 heterocycles. The minimum atomic E-state index is -0.0557. The van der Waals surface area contributed by atoms with Gasteiger partial charge in [-0.3, -0.25) is 9.89 Å². The first-order valence-corrected chi connectivity index (χ1v) is 9.29. The van der Waals surface area contributed by atoms with Crippen LogP contribution in [0.2, 0.25) is 0 Å². The molecule has 1 aliphatic carbocycles. The number of amides is 1. The van der Waals surface area contributed by atoms with Crippen LogP contribution in [-0.2, 0) is 17.6 Å². The number of benzene rings is 1. The molecular weight excluding hydrogens is 314 g/mol. The van der Waals surface area contributed by atoms with Crippen LogP contribution in [0, 0.1) is 5.92 Å². The molecule has 1 aromatic heterocycles. The van der Waals surface area contributed by atoms with Gasteiger partial charge in [-0.05, 0) is 37.0 Å². The quantitative estimate of drug-likeness (QED) is 0.796. The zero-order chi connectivity index (χ0) is 17.5. The Kier molecular flexibility index (Phi) is 6.09. The lowest BCUT2D eigenvalue weighted by Gasteiger charge is -2.20. The number of rotatable bonds is 7. The molecule has 0 aliphatic heterocycles. The van der Waals surface area contributed by atoms with E-state index >= 15 is 0 Å². The van der Waals surface area contributed by atoms with Crippen molar-refractivity contribution in [3.63, 3.8) is 0 Å². The zero-order valence-corrected chi connectivity index (χ0v) is 14.9. The van der Waals surface area contributed by atoms with Crippen LogP contribution in [0.3, 0.4) is 0 Å². The second kappa shape index (κ2) is 8.70. The van der Waals surface area contributed by atoms with Crippen LogP contribution in [0.15, 0.2) is 30.3 Å². The van der Waals surface area contributed by atoms with Crippen molar-refractivity contribution in [2.75, 3.05) is 11.9 Å². The summed E-state index contributed by atoms with van der Waals surface area (Å²) in [4.78, 5) is 12.2. The van der Waals surface area contributed by atoms with Crippen LogP contribution in [0.4, 0.5) is 5.82 Å². The van der Waals surface area contributed by atoms with E-state index in [4.69, 9.17) is 4.74 Å². The predicted molar refractivity (Wildman–Crippen MR) is 98.8 cm³/mol. The second-order valence-electron chi connectivity index (χ2n) is 6.79. The van der Waals surface area contributed by atoms with Crippen molar-refractivity contribution in [1.82, 2.24) is 10.2 Å². The number of nitrogens with one attached hydrogen (secondary N) is 2. The molecule has 2 aromatic rings. The highest BCUT2D eigenvalue weighted by atomic mass is 16.5. The van der Waals surface area contributed by atoms with E-state index in [1.807, 2.05) is 37.3 Å². The highest BCUT2D eigenvalue weighted by molar-refractivity contribution is 5.91. The summed E-state index contributed by atoms with van der Waals surface area (Å²) in [5.74, 6) is 2.13. The summed E-state index contributed by atoms with van der Waals surface area (Å²) in [6, 6.07) is 9.59. The number of aromatic nitrogens is 2. The number of carbonyl (C=O) groups excluding carboxylic acids is 1. The molecule has 134 valence electrons. The average Bonchev–Trinajstić information content (AvgIpc) is 3.04. The smallest absolute Gasteiger partial charge is 0.229 e. The molecule has 1 aromatic carbocycles. The van der Waals surface area contributed by atoms with E-state index in [9.17, 15) is 4.79 Å². The molecule has 3 rings (SSSR count). The lowest BCUT2D eigenvalue weighted by Crippen LogP contribution is -2.14. The predicted octanol–water partition coefficient (Wildman–Crippen LogP) is 4.11. The summed E-state index contributed by atoms with van der Waals surface area (Å²) < 4.78 is 5.41. The Morgan fingerprint density at radius 2 is 2.00 bits per heavy atom. The first kappa shape index (κ1) is 17.5. The molecule has 0 bridgehead atoms. The van der Waals surface area contributed by atoms with Gasteiger partial charge in [0.25, 0.3) is 0 Å². The normalized spacial score (nSPS) is 15.1. The van der Waals surface area contributed by atoms with Gasteiger partial charge in [-0.15, -0.1) is 0 Å². The molecule has 25 heavy (non-hydrogen) atoms. The van der Waals surface area contributed by atoms with Crippen molar-refractivity contribution in [3.05, 3.63) is 41.6 Å². The lowest BCUT2D eigenvalue weighted by molar-refractivity contribution is -0.115. The van der Waals surface area contributed by atoms with Gasteiger partial charge in [0.15, 0.2) is 5.82 Å². The van der Waals surface area contributed by atoms with E-state index in [1.54, 1.807) is 0 Å². The first-order valence-electron chi connectivity index (χ1n) is 9.29. The molecule has 2 N–H and O–H groups in total. The van der Waals surface area contributed by atoms with Gasteiger partial charge in [-0.2, -0.15) is 5.10 Å².